The Kier molecular flexibility index (Phi) is 15.4. The fourth-order valence-corrected chi connectivity index (χ4v) is 5.17. The van der Waals surface area contributed by atoms with Crippen LogP contribution in [0, 0.1) is 5.92 Å². The molecule has 5 N–H and O–H groups in total. The quantitative estimate of drug-likeness (QED) is 0.191. The van der Waals surface area contributed by atoms with Crippen molar-refractivity contribution in [2.45, 2.75) is 12.8 Å². The fraction of sp³-hybridized carbons (Fsp3) is 0.593. The van der Waals surface area contributed by atoms with Crippen molar-refractivity contribution in [1.82, 2.24) is 19.6 Å². The van der Waals surface area contributed by atoms with E-state index in [1.54, 1.807) is 31.7 Å². The second-order valence-electron chi connectivity index (χ2n) is 10.4. The molecule has 1 aromatic carbocycles. The number of nitrogens with zero attached hydrogens (tertiary/aromatic N) is 4. The Bertz CT molecular complexity index is 1010. The molecule has 0 bridgehead atoms. The highest BCUT2D eigenvalue weighted by Crippen LogP contribution is 2.17. The lowest BCUT2D eigenvalue weighted by Gasteiger charge is -2.34. The number of amides is 1. The Morgan fingerprint density at radius 1 is 0.667 bits per heavy atom. The third-order valence-electron chi connectivity index (χ3n) is 6.77. The molecule has 0 radical (unpaired) electrons. The number of carboxylic acid groups (broad SMARTS) is 4. The molecule has 0 aromatic heterocycles. The van der Waals surface area contributed by atoms with Crippen molar-refractivity contribution >= 4 is 51.4 Å². The Morgan fingerprint density at radius 2 is 1.07 bits per heavy atom. The molecule has 42 heavy (non-hydrogen) atoms. The van der Waals surface area contributed by atoms with Crippen LogP contribution in [-0.2, 0) is 30.4 Å². The standard InChI is InChI=1S/C27H40BrN5O9/c28-13-23(34)29-22-4-2-20(3-5-22)12-21-14-32(18-26(39)40)10-8-30(16-24(35)36)6-1-7-31(17-25(37)38)9-11-33(15-21)19-27(41)42/h2-5,21H,1,6-19H2,(H,29,34)(H,35,36)(H,37,38)(H,39,40)(H,41,42). The highest BCUT2D eigenvalue weighted by Gasteiger charge is 2.24. The Hall–Kier alpha value is -3.11. The molecule has 1 aliphatic rings. The van der Waals surface area contributed by atoms with Crippen molar-refractivity contribution in [2.75, 3.05) is 89.2 Å². The van der Waals surface area contributed by atoms with Crippen molar-refractivity contribution in [3.63, 3.8) is 0 Å². The second-order valence-corrected chi connectivity index (χ2v) is 11.0. The molecule has 0 unspecified atom stereocenters. The van der Waals surface area contributed by atoms with Gasteiger partial charge in [-0.25, -0.2) is 0 Å². The molecule has 1 aliphatic heterocycles. The molecule has 234 valence electrons. The number of anilines is 1. The van der Waals surface area contributed by atoms with E-state index in [9.17, 15) is 44.4 Å². The van der Waals surface area contributed by atoms with E-state index in [1.807, 2.05) is 12.1 Å². The molecular formula is C27H40BrN5O9. The van der Waals surface area contributed by atoms with Gasteiger partial charge in [0, 0.05) is 58.0 Å². The van der Waals surface area contributed by atoms with Crippen LogP contribution in [0.3, 0.4) is 0 Å². The van der Waals surface area contributed by atoms with E-state index in [0.29, 0.717) is 57.8 Å². The van der Waals surface area contributed by atoms with Gasteiger partial charge in [0.05, 0.1) is 31.5 Å². The van der Waals surface area contributed by atoms with Gasteiger partial charge in [0.25, 0.3) is 0 Å². The van der Waals surface area contributed by atoms with Crippen molar-refractivity contribution in [1.29, 1.82) is 0 Å². The summed E-state index contributed by atoms with van der Waals surface area (Å²) in [6.07, 6.45) is 0.976. The van der Waals surface area contributed by atoms with Gasteiger partial charge in [-0.1, -0.05) is 28.1 Å². The maximum absolute atomic E-state index is 11.7. The van der Waals surface area contributed by atoms with Crippen LogP contribution in [0.4, 0.5) is 5.69 Å². The summed E-state index contributed by atoms with van der Waals surface area (Å²) in [6, 6.07) is 7.22. The first-order valence-corrected chi connectivity index (χ1v) is 14.8. The minimum atomic E-state index is -1.03. The van der Waals surface area contributed by atoms with Gasteiger partial charge in [0.1, 0.15) is 0 Å². The van der Waals surface area contributed by atoms with E-state index in [1.165, 1.54) is 0 Å². The van der Waals surface area contributed by atoms with Gasteiger partial charge in [-0.05, 0) is 36.5 Å². The number of hydrogen-bond acceptors (Lipinski definition) is 9. The molecule has 0 spiro atoms. The number of halogens is 1. The van der Waals surface area contributed by atoms with Crippen LogP contribution in [0.2, 0.25) is 0 Å². The predicted molar refractivity (Wildman–Crippen MR) is 157 cm³/mol. The summed E-state index contributed by atoms with van der Waals surface area (Å²) < 4.78 is 0. The monoisotopic (exact) mass is 657 g/mol. The summed E-state index contributed by atoms with van der Waals surface area (Å²) in [5.74, 6) is -4.49. The number of carbonyl (C=O) groups excluding carboxylic acids is 1. The van der Waals surface area contributed by atoms with Crippen LogP contribution in [0.1, 0.15) is 12.0 Å². The largest absolute Gasteiger partial charge is 0.480 e. The number of carbonyl (C=O) groups is 5. The highest BCUT2D eigenvalue weighted by molar-refractivity contribution is 9.09. The zero-order valence-electron chi connectivity index (χ0n) is 23.5. The van der Waals surface area contributed by atoms with Crippen LogP contribution in [0.5, 0.6) is 0 Å². The molecule has 14 nitrogen and oxygen atoms in total. The van der Waals surface area contributed by atoms with Crippen LogP contribution >= 0.6 is 15.9 Å². The zero-order chi connectivity index (χ0) is 31.1. The molecule has 2 rings (SSSR count). The number of carboxylic acids is 4. The van der Waals surface area contributed by atoms with E-state index in [-0.39, 0.29) is 56.4 Å². The van der Waals surface area contributed by atoms with Crippen LogP contribution in [0.15, 0.2) is 24.3 Å². The Morgan fingerprint density at radius 3 is 1.48 bits per heavy atom. The van der Waals surface area contributed by atoms with Gasteiger partial charge in [-0.2, -0.15) is 0 Å². The molecule has 1 fully saturated rings. The molecular weight excluding hydrogens is 618 g/mol. The Balaban J connectivity index is 2.35. The number of hydrogen-bond donors (Lipinski definition) is 5. The summed E-state index contributed by atoms with van der Waals surface area (Å²) in [4.78, 5) is 65.0. The summed E-state index contributed by atoms with van der Waals surface area (Å²) in [5, 5.41) is 40.9. The number of aliphatic carboxylic acids is 4. The topological polar surface area (TPSA) is 191 Å². The van der Waals surface area contributed by atoms with Gasteiger partial charge >= 0.3 is 23.9 Å². The lowest BCUT2D eigenvalue weighted by molar-refractivity contribution is -0.141. The average Bonchev–Trinajstić information content (AvgIpc) is 2.89. The molecule has 15 heteroatoms. The van der Waals surface area contributed by atoms with Crippen molar-refractivity contribution < 1.29 is 44.4 Å². The smallest absolute Gasteiger partial charge is 0.317 e. The normalized spacial score (nSPS) is 17.7. The molecule has 0 aliphatic carbocycles. The van der Waals surface area contributed by atoms with Crippen LogP contribution < -0.4 is 5.32 Å². The number of rotatable bonds is 12. The van der Waals surface area contributed by atoms with Crippen molar-refractivity contribution in [3.8, 4) is 0 Å². The third kappa shape index (κ3) is 14.7. The summed E-state index contributed by atoms with van der Waals surface area (Å²) in [5.41, 5.74) is 1.52. The number of benzene rings is 1. The van der Waals surface area contributed by atoms with Gasteiger partial charge in [-0.3, -0.25) is 43.6 Å². The summed E-state index contributed by atoms with van der Waals surface area (Å²) in [6.45, 7) is 1.55. The van der Waals surface area contributed by atoms with Crippen molar-refractivity contribution in [2.24, 2.45) is 5.92 Å². The highest BCUT2D eigenvalue weighted by atomic mass is 79.9. The molecule has 1 saturated heterocycles. The minimum Gasteiger partial charge on any atom is -0.480 e. The SMILES string of the molecule is O=C(O)CN1CCCN(CC(=O)O)CCN(CC(=O)O)CC(Cc2ccc(NC(=O)CBr)cc2)CN(CC(=O)O)CC1. The van der Waals surface area contributed by atoms with Crippen molar-refractivity contribution in [3.05, 3.63) is 29.8 Å². The number of nitrogens with one attached hydrogen (secondary N) is 1. The third-order valence-corrected chi connectivity index (χ3v) is 7.27. The minimum absolute atomic E-state index is 0.156. The fourth-order valence-electron chi connectivity index (χ4n) is 5.03. The maximum Gasteiger partial charge on any atom is 0.317 e. The van der Waals surface area contributed by atoms with E-state index < -0.39 is 23.9 Å². The number of alkyl halides is 1. The average molecular weight is 659 g/mol. The van der Waals surface area contributed by atoms with E-state index in [4.69, 9.17) is 0 Å². The first kappa shape index (κ1) is 35.1. The van der Waals surface area contributed by atoms with Crippen LogP contribution in [0.25, 0.3) is 0 Å². The zero-order valence-corrected chi connectivity index (χ0v) is 25.1. The van der Waals surface area contributed by atoms with E-state index >= 15 is 0 Å². The lowest BCUT2D eigenvalue weighted by Crippen LogP contribution is -2.47. The molecule has 1 heterocycles. The first-order chi connectivity index (χ1) is 19.9. The van der Waals surface area contributed by atoms with E-state index in [2.05, 4.69) is 21.2 Å². The Labute approximate surface area is 253 Å². The van der Waals surface area contributed by atoms with Gasteiger partial charge in [-0.15, -0.1) is 0 Å². The molecule has 0 atom stereocenters. The summed E-state index contributed by atoms with van der Waals surface area (Å²) >= 11 is 3.10. The summed E-state index contributed by atoms with van der Waals surface area (Å²) in [7, 11) is 0. The molecule has 0 saturated carbocycles. The molecule has 1 aromatic rings. The van der Waals surface area contributed by atoms with Gasteiger partial charge < -0.3 is 25.7 Å². The van der Waals surface area contributed by atoms with Gasteiger partial charge in [0.2, 0.25) is 5.91 Å². The van der Waals surface area contributed by atoms with Crippen LogP contribution in [-0.4, -0.2) is 154 Å². The maximum atomic E-state index is 11.7. The predicted octanol–water partition coefficient (Wildman–Crippen LogP) is 0.129. The van der Waals surface area contributed by atoms with E-state index in [0.717, 1.165) is 5.56 Å². The first-order valence-electron chi connectivity index (χ1n) is 13.6. The lowest BCUT2D eigenvalue weighted by atomic mass is 9.97. The van der Waals surface area contributed by atoms with Gasteiger partial charge in [0.15, 0.2) is 0 Å². The second kappa shape index (κ2) is 18.4. The molecule has 1 amide bonds.